The molecule has 1 heterocycles. The number of amides is 1. The van der Waals surface area contributed by atoms with E-state index in [1.54, 1.807) is 34.9 Å². The van der Waals surface area contributed by atoms with Crippen molar-refractivity contribution in [1.29, 1.82) is 0 Å². The van der Waals surface area contributed by atoms with Gasteiger partial charge in [0.1, 0.15) is 0 Å². The molecule has 0 radical (unpaired) electrons. The van der Waals surface area contributed by atoms with Gasteiger partial charge in [0.2, 0.25) is 0 Å². The fourth-order valence-electron chi connectivity index (χ4n) is 2.60. The molecular weight excluding hydrogens is 324 g/mol. The van der Waals surface area contributed by atoms with Crippen LogP contribution >= 0.6 is 11.8 Å². The van der Waals surface area contributed by atoms with Crippen molar-refractivity contribution in [1.82, 2.24) is 0 Å². The van der Waals surface area contributed by atoms with Crippen molar-refractivity contribution in [3.63, 3.8) is 0 Å². The van der Waals surface area contributed by atoms with Crippen molar-refractivity contribution in [2.24, 2.45) is 0 Å². The van der Waals surface area contributed by atoms with Crippen LogP contribution in [0.5, 0.6) is 0 Å². The molecule has 122 valence electrons. The normalized spacial score (nSPS) is 14.2. The van der Waals surface area contributed by atoms with Crippen LogP contribution in [0.25, 0.3) is 6.08 Å². The number of hydrogen-bond acceptors (Lipinski definition) is 4. The first-order chi connectivity index (χ1) is 11.7. The summed E-state index contributed by atoms with van der Waals surface area (Å²) in [4.78, 5) is 26.1. The largest absolute Gasteiger partial charge is 0.308 e. The summed E-state index contributed by atoms with van der Waals surface area (Å²) < 4.78 is 0. The molecular formula is C18H16N2O3S. The minimum atomic E-state index is -0.442. The molecule has 6 heteroatoms. The molecule has 0 unspecified atom stereocenters. The standard InChI is InChI=1S/C18H16N2O3S/c21-18(11-10-14-6-1-2-7-15(14)20(22)23)19-12-5-13-24-17-9-4-3-8-16(17)19/h1-4,6-11H,5,12-13H2/b11-10+. The van der Waals surface area contributed by atoms with Crippen LogP contribution < -0.4 is 4.90 Å². The smallest absolute Gasteiger partial charge is 0.276 e. The van der Waals surface area contributed by atoms with Gasteiger partial charge in [-0.05, 0) is 36.4 Å². The summed E-state index contributed by atoms with van der Waals surface area (Å²) in [6.07, 6.45) is 3.83. The summed E-state index contributed by atoms with van der Waals surface area (Å²) in [5.41, 5.74) is 1.32. The monoisotopic (exact) mass is 340 g/mol. The first kappa shape index (κ1) is 16.3. The van der Waals surface area contributed by atoms with E-state index < -0.39 is 4.92 Å². The minimum Gasteiger partial charge on any atom is -0.308 e. The maximum atomic E-state index is 12.6. The lowest BCUT2D eigenvalue weighted by Gasteiger charge is -2.20. The topological polar surface area (TPSA) is 63.4 Å². The van der Waals surface area contributed by atoms with E-state index in [-0.39, 0.29) is 11.6 Å². The Morgan fingerprint density at radius 1 is 1.17 bits per heavy atom. The van der Waals surface area contributed by atoms with Gasteiger partial charge < -0.3 is 4.90 Å². The number of thioether (sulfide) groups is 1. The van der Waals surface area contributed by atoms with E-state index in [4.69, 9.17) is 0 Å². The lowest BCUT2D eigenvalue weighted by Crippen LogP contribution is -2.30. The van der Waals surface area contributed by atoms with Gasteiger partial charge >= 0.3 is 0 Å². The third-order valence-corrected chi connectivity index (χ3v) is 4.89. The van der Waals surface area contributed by atoms with Crippen LogP contribution in [0.3, 0.4) is 0 Å². The van der Waals surface area contributed by atoms with Gasteiger partial charge in [-0.15, -0.1) is 11.8 Å². The van der Waals surface area contributed by atoms with E-state index in [0.717, 1.165) is 22.8 Å². The molecule has 0 saturated heterocycles. The molecule has 0 bridgehead atoms. The molecule has 5 nitrogen and oxygen atoms in total. The molecule has 0 aromatic heterocycles. The SMILES string of the molecule is O=C(/C=C/c1ccccc1[N+](=O)[O-])N1CCCSc2ccccc21. The first-order valence-corrected chi connectivity index (χ1v) is 8.60. The number of anilines is 1. The Morgan fingerprint density at radius 2 is 1.92 bits per heavy atom. The molecule has 2 aromatic rings. The second-order valence-corrected chi connectivity index (χ2v) is 6.45. The molecule has 2 aromatic carbocycles. The predicted octanol–water partition coefficient (Wildman–Crippen LogP) is 4.14. The lowest BCUT2D eigenvalue weighted by molar-refractivity contribution is -0.385. The second-order valence-electron chi connectivity index (χ2n) is 5.31. The van der Waals surface area contributed by atoms with E-state index in [2.05, 4.69) is 0 Å². The molecule has 1 amide bonds. The molecule has 0 fully saturated rings. The highest BCUT2D eigenvalue weighted by atomic mass is 32.2. The van der Waals surface area contributed by atoms with Gasteiger partial charge in [0.05, 0.1) is 16.2 Å². The number of carbonyl (C=O) groups excluding carboxylic acids is 1. The Hall–Kier alpha value is -2.60. The van der Waals surface area contributed by atoms with Crippen molar-refractivity contribution < 1.29 is 9.72 Å². The summed E-state index contributed by atoms with van der Waals surface area (Å²) in [6.45, 7) is 0.643. The molecule has 0 spiro atoms. The van der Waals surface area contributed by atoms with E-state index in [0.29, 0.717) is 12.1 Å². The Labute approximate surface area is 144 Å². The average Bonchev–Trinajstić information content (AvgIpc) is 2.82. The highest BCUT2D eigenvalue weighted by Gasteiger charge is 2.19. The highest BCUT2D eigenvalue weighted by molar-refractivity contribution is 7.99. The lowest BCUT2D eigenvalue weighted by atomic mass is 10.1. The Kier molecular flexibility index (Phi) is 4.96. The summed E-state index contributed by atoms with van der Waals surface area (Å²) >= 11 is 1.74. The third kappa shape index (κ3) is 3.49. The van der Waals surface area contributed by atoms with E-state index >= 15 is 0 Å². The summed E-state index contributed by atoms with van der Waals surface area (Å²) in [5, 5.41) is 11.1. The van der Waals surface area contributed by atoms with Crippen molar-refractivity contribution in [2.45, 2.75) is 11.3 Å². The summed E-state index contributed by atoms with van der Waals surface area (Å²) in [6, 6.07) is 14.2. The zero-order chi connectivity index (χ0) is 16.9. The predicted molar refractivity (Wildman–Crippen MR) is 96.3 cm³/mol. The fraction of sp³-hybridized carbons (Fsp3) is 0.167. The van der Waals surface area contributed by atoms with Crippen LogP contribution in [-0.4, -0.2) is 23.1 Å². The zero-order valence-electron chi connectivity index (χ0n) is 12.9. The van der Waals surface area contributed by atoms with Crippen LogP contribution in [0, 0.1) is 10.1 Å². The number of hydrogen-bond donors (Lipinski definition) is 0. The summed E-state index contributed by atoms with van der Waals surface area (Å²) in [5.74, 6) is 0.803. The number of nitro groups is 1. The average molecular weight is 340 g/mol. The number of benzene rings is 2. The number of para-hydroxylation sites is 2. The van der Waals surface area contributed by atoms with Crippen molar-refractivity contribution in [3.8, 4) is 0 Å². The Morgan fingerprint density at radius 3 is 2.75 bits per heavy atom. The number of rotatable bonds is 3. The van der Waals surface area contributed by atoms with Gasteiger partial charge in [0.15, 0.2) is 0 Å². The van der Waals surface area contributed by atoms with Crippen LogP contribution in [0.2, 0.25) is 0 Å². The number of carbonyl (C=O) groups is 1. The van der Waals surface area contributed by atoms with E-state index in [1.165, 1.54) is 18.2 Å². The molecule has 0 aliphatic carbocycles. The number of fused-ring (bicyclic) bond motifs is 1. The van der Waals surface area contributed by atoms with Gasteiger partial charge in [-0.3, -0.25) is 14.9 Å². The molecule has 1 aliphatic rings. The molecule has 0 saturated carbocycles. The number of nitrogens with zero attached hydrogens (tertiary/aromatic N) is 2. The number of nitro benzene ring substituents is 1. The van der Waals surface area contributed by atoms with Crippen molar-refractivity contribution in [2.75, 3.05) is 17.2 Å². The van der Waals surface area contributed by atoms with Crippen molar-refractivity contribution in [3.05, 3.63) is 70.3 Å². The Bertz CT molecular complexity index is 804. The quantitative estimate of drug-likeness (QED) is 0.479. The molecule has 1 aliphatic heterocycles. The van der Waals surface area contributed by atoms with E-state index in [1.807, 2.05) is 24.3 Å². The molecule has 0 N–H and O–H groups in total. The van der Waals surface area contributed by atoms with Gasteiger partial charge in [0.25, 0.3) is 11.6 Å². The maximum Gasteiger partial charge on any atom is 0.276 e. The highest BCUT2D eigenvalue weighted by Crippen LogP contribution is 2.33. The Balaban J connectivity index is 1.87. The van der Waals surface area contributed by atoms with Gasteiger partial charge in [-0.2, -0.15) is 0 Å². The van der Waals surface area contributed by atoms with Crippen LogP contribution in [0.15, 0.2) is 59.5 Å². The van der Waals surface area contributed by atoms with E-state index in [9.17, 15) is 14.9 Å². The van der Waals surface area contributed by atoms with Gasteiger partial charge in [-0.1, -0.05) is 24.3 Å². The first-order valence-electron chi connectivity index (χ1n) is 7.61. The van der Waals surface area contributed by atoms with Crippen LogP contribution in [-0.2, 0) is 4.79 Å². The maximum absolute atomic E-state index is 12.6. The van der Waals surface area contributed by atoms with Crippen molar-refractivity contribution >= 4 is 35.1 Å². The van der Waals surface area contributed by atoms with Gasteiger partial charge in [0, 0.05) is 23.6 Å². The minimum absolute atomic E-state index is 0.00614. The third-order valence-electron chi connectivity index (χ3n) is 3.74. The zero-order valence-corrected chi connectivity index (χ0v) is 13.7. The molecule has 24 heavy (non-hydrogen) atoms. The van der Waals surface area contributed by atoms with Gasteiger partial charge in [-0.25, -0.2) is 0 Å². The van der Waals surface area contributed by atoms with Crippen LogP contribution in [0.1, 0.15) is 12.0 Å². The molecule has 0 atom stereocenters. The second kappa shape index (κ2) is 7.31. The fourth-order valence-corrected chi connectivity index (χ4v) is 3.60. The van der Waals surface area contributed by atoms with Crippen LogP contribution in [0.4, 0.5) is 11.4 Å². The summed E-state index contributed by atoms with van der Waals surface area (Å²) in [7, 11) is 0. The molecule has 3 rings (SSSR count).